The highest BCUT2D eigenvalue weighted by Gasteiger charge is 2.39. The summed E-state index contributed by atoms with van der Waals surface area (Å²) in [6.45, 7) is 3.23. The first-order chi connectivity index (χ1) is 20.7. The van der Waals surface area contributed by atoms with Crippen molar-refractivity contribution in [2.45, 2.75) is 5.60 Å². The molecular weight excluding hydrogens is 563 g/mol. The predicted molar refractivity (Wildman–Crippen MR) is 174 cm³/mol. The molecule has 0 amide bonds. The van der Waals surface area contributed by atoms with Crippen molar-refractivity contribution in [3.05, 3.63) is 102 Å². The van der Waals surface area contributed by atoms with Crippen LogP contribution in [0.2, 0.25) is 0 Å². The third kappa shape index (κ3) is 3.91. The molecule has 0 radical (unpaired) electrons. The second kappa shape index (κ2) is 10.1. The highest BCUT2D eigenvalue weighted by atomic mass is 32.1. The first-order valence-corrected chi connectivity index (χ1v) is 15.7. The number of rotatable bonds is 5. The molecule has 42 heavy (non-hydrogen) atoms. The van der Waals surface area contributed by atoms with Crippen LogP contribution in [0.4, 0.5) is 5.69 Å². The monoisotopic (exact) mass is 591 g/mol. The van der Waals surface area contributed by atoms with Gasteiger partial charge in [0.2, 0.25) is 0 Å². The number of ether oxygens (including phenoxy) is 4. The maximum atomic E-state index is 7.31. The molecule has 7 heteroatoms. The van der Waals surface area contributed by atoms with Gasteiger partial charge in [-0.2, -0.15) is 0 Å². The molecule has 0 N–H and O–H groups in total. The molecule has 0 saturated carbocycles. The molecule has 0 aliphatic carbocycles. The van der Waals surface area contributed by atoms with Crippen LogP contribution in [0.25, 0.3) is 35.6 Å². The molecule has 1 saturated heterocycles. The van der Waals surface area contributed by atoms with Crippen LogP contribution in [0, 0.1) is 0 Å². The molecule has 0 spiro atoms. The van der Waals surface area contributed by atoms with Gasteiger partial charge in [-0.15, -0.1) is 22.7 Å². The van der Waals surface area contributed by atoms with Crippen LogP contribution >= 0.6 is 22.7 Å². The SMILES string of the molecule is COc1ccc(C2(c3ccc(OC)cc3)C=Cc3cc(N4CCOCC4)c4c(sc5c6ccccc6sc54)c3O2)cc1. The zero-order valence-electron chi connectivity index (χ0n) is 23.4. The summed E-state index contributed by atoms with van der Waals surface area (Å²) in [6, 6.07) is 27.4. The third-order valence-electron chi connectivity index (χ3n) is 8.38. The number of thiophene rings is 2. The zero-order valence-corrected chi connectivity index (χ0v) is 25.0. The van der Waals surface area contributed by atoms with Crippen molar-refractivity contribution in [1.29, 1.82) is 0 Å². The smallest absolute Gasteiger partial charge is 0.178 e. The van der Waals surface area contributed by atoms with Crippen LogP contribution in [0.15, 0.2) is 84.9 Å². The molecule has 8 rings (SSSR count). The van der Waals surface area contributed by atoms with Crippen molar-refractivity contribution >= 4 is 64.0 Å². The van der Waals surface area contributed by atoms with Crippen molar-refractivity contribution in [2.24, 2.45) is 0 Å². The Bertz CT molecular complexity index is 1920. The molecule has 0 atom stereocenters. The highest BCUT2D eigenvalue weighted by Crippen LogP contribution is 2.54. The van der Waals surface area contributed by atoms with Crippen LogP contribution in [0.5, 0.6) is 17.2 Å². The minimum atomic E-state index is -0.821. The van der Waals surface area contributed by atoms with Gasteiger partial charge in [0.1, 0.15) is 17.2 Å². The summed E-state index contributed by atoms with van der Waals surface area (Å²) < 4.78 is 29.2. The van der Waals surface area contributed by atoms with E-state index >= 15 is 0 Å². The van der Waals surface area contributed by atoms with Gasteiger partial charge in [0, 0.05) is 50.9 Å². The van der Waals surface area contributed by atoms with E-state index in [4.69, 9.17) is 18.9 Å². The topological polar surface area (TPSA) is 40.2 Å². The standard InChI is InChI=1S/C35H29NO4S2/c1-37-25-11-7-23(8-12-25)35(24-9-13-26(38-2)14-10-24)16-15-22-21-28(36-17-19-39-20-18-36)30-33(31(22)40-35)42-32-27-5-3-4-6-29(27)41-34(30)32/h3-16,21H,17-20H2,1-2H3. The summed E-state index contributed by atoms with van der Waals surface area (Å²) in [5.41, 5.74) is 3.60. The molecule has 0 unspecified atom stereocenters. The number of hydrogen-bond donors (Lipinski definition) is 0. The molecule has 4 aromatic carbocycles. The summed E-state index contributed by atoms with van der Waals surface area (Å²) in [4.78, 5) is 2.48. The molecule has 6 aromatic rings. The molecule has 4 heterocycles. The van der Waals surface area contributed by atoms with Gasteiger partial charge in [-0.25, -0.2) is 0 Å². The molecular formula is C35H29NO4S2. The molecule has 5 nitrogen and oxygen atoms in total. The van der Waals surface area contributed by atoms with E-state index in [1.165, 1.54) is 35.3 Å². The lowest BCUT2D eigenvalue weighted by Gasteiger charge is -2.37. The maximum absolute atomic E-state index is 7.31. The molecule has 1 fully saturated rings. The molecule has 2 aliphatic heterocycles. The fourth-order valence-electron chi connectivity index (χ4n) is 6.19. The maximum Gasteiger partial charge on any atom is 0.178 e. The predicted octanol–water partition coefficient (Wildman–Crippen LogP) is 8.47. The van der Waals surface area contributed by atoms with E-state index in [1.54, 1.807) is 14.2 Å². The molecule has 2 aromatic heterocycles. The van der Waals surface area contributed by atoms with Gasteiger partial charge in [-0.05, 0) is 42.5 Å². The average molecular weight is 592 g/mol. The largest absolute Gasteiger partial charge is 0.497 e. The number of anilines is 1. The zero-order chi connectivity index (χ0) is 28.3. The number of hydrogen-bond acceptors (Lipinski definition) is 7. The fourth-order valence-corrected chi connectivity index (χ4v) is 8.98. The van der Waals surface area contributed by atoms with Crippen molar-refractivity contribution in [3.8, 4) is 17.2 Å². The number of morpholine rings is 1. The van der Waals surface area contributed by atoms with E-state index < -0.39 is 5.60 Å². The van der Waals surface area contributed by atoms with Crippen LogP contribution in [-0.2, 0) is 10.3 Å². The van der Waals surface area contributed by atoms with Crippen molar-refractivity contribution < 1.29 is 18.9 Å². The van der Waals surface area contributed by atoms with E-state index in [0.717, 1.165) is 60.2 Å². The highest BCUT2D eigenvalue weighted by molar-refractivity contribution is 7.36. The fraction of sp³-hybridized carbons (Fsp3) is 0.200. The number of benzene rings is 4. The van der Waals surface area contributed by atoms with E-state index in [0.29, 0.717) is 0 Å². The molecule has 0 bridgehead atoms. The van der Waals surface area contributed by atoms with E-state index in [2.05, 4.69) is 71.6 Å². The summed E-state index contributed by atoms with van der Waals surface area (Å²) in [7, 11) is 3.38. The number of nitrogens with zero attached hydrogens (tertiary/aromatic N) is 1. The summed E-state index contributed by atoms with van der Waals surface area (Å²) in [5, 5.41) is 2.59. The number of methoxy groups -OCH3 is 2. The quantitative estimate of drug-likeness (QED) is 0.201. The normalized spacial score (nSPS) is 16.1. The Balaban J connectivity index is 1.38. The second-order valence-corrected chi connectivity index (χ2v) is 12.7. The first-order valence-electron chi connectivity index (χ1n) is 14.1. The first kappa shape index (κ1) is 25.7. The lowest BCUT2D eigenvalue weighted by molar-refractivity contribution is 0.123. The Morgan fingerprint density at radius 3 is 2.10 bits per heavy atom. The Kier molecular flexibility index (Phi) is 6.14. The van der Waals surface area contributed by atoms with Gasteiger partial charge in [-0.3, -0.25) is 0 Å². The lowest BCUT2D eigenvalue weighted by Crippen LogP contribution is -2.37. The minimum Gasteiger partial charge on any atom is -0.497 e. The van der Waals surface area contributed by atoms with Crippen LogP contribution in [-0.4, -0.2) is 40.5 Å². The van der Waals surface area contributed by atoms with Gasteiger partial charge >= 0.3 is 0 Å². The summed E-state index contributed by atoms with van der Waals surface area (Å²) >= 11 is 3.73. The van der Waals surface area contributed by atoms with Crippen LogP contribution < -0.4 is 19.1 Å². The Labute approximate surface area is 252 Å². The van der Waals surface area contributed by atoms with Crippen LogP contribution in [0.3, 0.4) is 0 Å². The van der Waals surface area contributed by atoms with Gasteiger partial charge in [-0.1, -0.05) is 48.5 Å². The van der Waals surface area contributed by atoms with Gasteiger partial charge < -0.3 is 23.8 Å². The second-order valence-electron chi connectivity index (χ2n) is 10.6. The molecule has 210 valence electrons. The Morgan fingerprint density at radius 2 is 1.43 bits per heavy atom. The van der Waals surface area contributed by atoms with Gasteiger partial charge in [0.05, 0.1) is 41.5 Å². The summed E-state index contributed by atoms with van der Waals surface area (Å²) in [6.07, 6.45) is 4.43. The lowest BCUT2D eigenvalue weighted by atomic mass is 9.83. The van der Waals surface area contributed by atoms with Crippen molar-refractivity contribution in [2.75, 3.05) is 45.4 Å². The van der Waals surface area contributed by atoms with Gasteiger partial charge in [0.25, 0.3) is 0 Å². The van der Waals surface area contributed by atoms with Gasteiger partial charge in [0.15, 0.2) is 5.60 Å². The van der Waals surface area contributed by atoms with E-state index in [-0.39, 0.29) is 0 Å². The van der Waals surface area contributed by atoms with Crippen molar-refractivity contribution in [1.82, 2.24) is 0 Å². The number of fused-ring (bicyclic) bond motifs is 7. The third-order valence-corrected chi connectivity index (χ3v) is 10.9. The Morgan fingerprint density at radius 1 is 0.762 bits per heavy atom. The molecule has 2 aliphatic rings. The van der Waals surface area contributed by atoms with Crippen molar-refractivity contribution in [3.63, 3.8) is 0 Å². The van der Waals surface area contributed by atoms with Crippen LogP contribution in [0.1, 0.15) is 16.7 Å². The van der Waals surface area contributed by atoms with E-state index in [9.17, 15) is 0 Å². The summed E-state index contributed by atoms with van der Waals surface area (Å²) in [5.74, 6) is 2.55. The minimum absolute atomic E-state index is 0.739. The Hall–Kier alpha value is -4.04. The van der Waals surface area contributed by atoms with E-state index in [1.807, 2.05) is 46.9 Å². The average Bonchev–Trinajstić information content (AvgIpc) is 3.61.